The van der Waals surface area contributed by atoms with Crippen molar-refractivity contribution < 1.29 is 33.0 Å². The first-order valence-electron chi connectivity index (χ1n) is 11.7. The molecule has 4 rings (SSSR count). The Bertz CT molecular complexity index is 1410. The molecule has 2 aromatic carbocycles. The average molecular weight is 533 g/mol. The molecule has 10 heteroatoms. The Labute approximate surface area is 217 Å². The summed E-state index contributed by atoms with van der Waals surface area (Å²) in [6.45, 7) is 7.21. The molecule has 37 heavy (non-hydrogen) atoms. The molecule has 0 bridgehead atoms. The molecule has 1 aliphatic heterocycles. The minimum absolute atomic E-state index is 0.0596. The summed E-state index contributed by atoms with van der Waals surface area (Å²) in [6, 6.07) is 6.31. The van der Waals surface area contributed by atoms with Crippen LogP contribution in [0.25, 0.3) is 16.5 Å². The minimum Gasteiger partial charge on any atom is -0.490 e. The molecule has 1 aliphatic rings. The molecule has 0 fully saturated rings. The first kappa shape index (κ1) is 26.6. The van der Waals surface area contributed by atoms with Crippen LogP contribution in [0.15, 0.2) is 36.5 Å². The first-order chi connectivity index (χ1) is 17.4. The van der Waals surface area contributed by atoms with Crippen LogP contribution < -0.4 is 4.74 Å². The normalized spacial score (nSPS) is 14.8. The Morgan fingerprint density at radius 1 is 1.19 bits per heavy atom. The van der Waals surface area contributed by atoms with E-state index in [-0.39, 0.29) is 30.9 Å². The molecule has 0 unspecified atom stereocenters. The first-order valence-corrected chi connectivity index (χ1v) is 12.1. The molecular weight excluding hydrogens is 506 g/mol. The summed E-state index contributed by atoms with van der Waals surface area (Å²) in [4.78, 5) is 31.2. The molecule has 1 amide bonds. The van der Waals surface area contributed by atoms with E-state index in [4.69, 9.17) is 26.2 Å². The van der Waals surface area contributed by atoms with Gasteiger partial charge in [-0.3, -0.25) is 4.79 Å². The van der Waals surface area contributed by atoms with Gasteiger partial charge >= 0.3 is 5.97 Å². The molecular formula is C27H27ClF2N2O5. The molecule has 0 radical (unpaired) electrons. The lowest BCUT2D eigenvalue weighted by Gasteiger charge is -2.29. The van der Waals surface area contributed by atoms with Crippen LogP contribution in [0.5, 0.6) is 5.75 Å². The number of aromatic amines is 1. The van der Waals surface area contributed by atoms with Gasteiger partial charge in [-0.2, -0.15) is 0 Å². The molecule has 0 saturated carbocycles. The van der Waals surface area contributed by atoms with Crippen molar-refractivity contribution in [3.8, 4) is 5.75 Å². The summed E-state index contributed by atoms with van der Waals surface area (Å²) in [5, 5.41) is 10.1. The highest BCUT2D eigenvalue weighted by Crippen LogP contribution is 2.43. The van der Waals surface area contributed by atoms with E-state index in [0.29, 0.717) is 27.4 Å². The van der Waals surface area contributed by atoms with Crippen molar-refractivity contribution in [3.05, 3.63) is 70.0 Å². The molecule has 0 aliphatic carbocycles. The highest BCUT2D eigenvalue weighted by atomic mass is 35.5. The number of carbonyl (C=O) groups excluding carboxylic acids is 2. The number of hydrogen-bond acceptors (Lipinski definition) is 5. The maximum absolute atomic E-state index is 13.9. The van der Waals surface area contributed by atoms with E-state index >= 15 is 0 Å². The van der Waals surface area contributed by atoms with Crippen LogP contribution in [0.1, 0.15) is 49.3 Å². The number of esters is 1. The summed E-state index contributed by atoms with van der Waals surface area (Å²) >= 11 is 6.47. The van der Waals surface area contributed by atoms with Crippen molar-refractivity contribution in [1.29, 1.82) is 0 Å². The fourth-order valence-corrected chi connectivity index (χ4v) is 4.71. The lowest BCUT2D eigenvalue weighted by molar-refractivity contribution is -0.140. The third-order valence-electron chi connectivity index (χ3n) is 5.99. The molecule has 196 valence electrons. The summed E-state index contributed by atoms with van der Waals surface area (Å²) < 4.78 is 38.4. The third-order valence-corrected chi connectivity index (χ3v) is 6.28. The van der Waals surface area contributed by atoms with Crippen molar-refractivity contribution in [2.75, 3.05) is 19.8 Å². The molecule has 3 aromatic rings. The quantitative estimate of drug-likeness (QED) is 0.426. The molecule has 2 heterocycles. The van der Waals surface area contributed by atoms with Gasteiger partial charge in [0.1, 0.15) is 12.4 Å². The van der Waals surface area contributed by atoms with E-state index in [1.165, 1.54) is 17.2 Å². The highest BCUT2D eigenvalue weighted by Gasteiger charge is 2.38. The van der Waals surface area contributed by atoms with E-state index in [1.807, 2.05) is 13.8 Å². The average Bonchev–Trinajstić information content (AvgIpc) is 3.13. The summed E-state index contributed by atoms with van der Waals surface area (Å²) in [7, 11) is 0. The predicted octanol–water partition coefficient (Wildman–Crippen LogP) is 5.20. The fourth-order valence-electron chi connectivity index (χ4n) is 4.50. The molecule has 2 N–H and O–H groups in total. The fraction of sp³-hybridized carbons (Fsp3) is 0.333. The number of aromatic nitrogens is 1. The van der Waals surface area contributed by atoms with Crippen LogP contribution in [-0.4, -0.2) is 52.7 Å². The van der Waals surface area contributed by atoms with E-state index in [2.05, 4.69) is 4.98 Å². The van der Waals surface area contributed by atoms with E-state index in [1.54, 1.807) is 26.0 Å². The largest absolute Gasteiger partial charge is 0.490 e. The lowest BCUT2D eigenvalue weighted by Crippen LogP contribution is -2.37. The van der Waals surface area contributed by atoms with Crippen LogP contribution in [0.4, 0.5) is 8.78 Å². The predicted molar refractivity (Wildman–Crippen MR) is 136 cm³/mol. The van der Waals surface area contributed by atoms with Crippen molar-refractivity contribution >= 4 is 40.0 Å². The number of benzene rings is 2. The van der Waals surface area contributed by atoms with E-state index in [9.17, 15) is 18.4 Å². The van der Waals surface area contributed by atoms with Gasteiger partial charge in [0.05, 0.1) is 29.0 Å². The van der Waals surface area contributed by atoms with E-state index < -0.39 is 35.0 Å². The Morgan fingerprint density at radius 3 is 2.57 bits per heavy atom. The number of carbonyl (C=O) groups is 2. The number of rotatable bonds is 6. The van der Waals surface area contributed by atoms with Crippen LogP contribution in [0.2, 0.25) is 5.02 Å². The molecule has 0 saturated heterocycles. The Balaban J connectivity index is 1.90. The van der Waals surface area contributed by atoms with Crippen molar-refractivity contribution in [2.24, 2.45) is 0 Å². The monoisotopic (exact) mass is 532 g/mol. The van der Waals surface area contributed by atoms with E-state index in [0.717, 1.165) is 17.7 Å². The second-order valence-corrected chi connectivity index (χ2v) is 10.1. The van der Waals surface area contributed by atoms with Gasteiger partial charge in [0.15, 0.2) is 11.6 Å². The highest BCUT2D eigenvalue weighted by molar-refractivity contribution is 6.33. The lowest BCUT2D eigenvalue weighted by atomic mass is 9.81. The zero-order chi connectivity index (χ0) is 27.1. The Morgan fingerprint density at radius 2 is 1.92 bits per heavy atom. The van der Waals surface area contributed by atoms with Crippen LogP contribution in [-0.2, 0) is 14.9 Å². The zero-order valence-electron chi connectivity index (χ0n) is 20.8. The summed E-state index contributed by atoms with van der Waals surface area (Å²) in [5.74, 6) is -3.11. The van der Waals surface area contributed by atoms with Gasteiger partial charge < -0.3 is 24.5 Å². The second-order valence-electron chi connectivity index (χ2n) is 9.72. The van der Waals surface area contributed by atoms with Crippen LogP contribution in [0, 0.1) is 11.6 Å². The number of H-pyrrole nitrogens is 1. The van der Waals surface area contributed by atoms with Crippen LogP contribution >= 0.6 is 11.6 Å². The third kappa shape index (κ3) is 5.19. The van der Waals surface area contributed by atoms with Gasteiger partial charge in [0.25, 0.3) is 5.91 Å². The van der Waals surface area contributed by atoms with Gasteiger partial charge in [-0.25, -0.2) is 13.6 Å². The van der Waals surface area contributed by atoms with Gasteiger partial charge in [-0.15, -0.1) is 0 Å². The summed E-state index contributed by atoms with van der Waals surface area (Å²) in [6.07, 6.45) is 0.947. The van der Waals surface area contributed by atoms with Gasteiger partial charge in [0, 0.05) is 40.7 Å². The maximum atomic E-state index is 13.9. The summed E-state index contributed by atoms with van der Waals surface area (Å²) in [5.41, 5.74) is 1.11. The molecule has 1 aromatic heterocycles. The molecule has 0 atom stereocenters. The molecule has 0 spiro atoms. The van der Waals surface area contributed by atoms with Crippen molar-refractivity contribution in [1.82, 2.24) is 9.88 Å². The molecule has 7 nitrogen and oxygen atoms in total. The number of nitrogens with one attached hydrogen (secondary N) is 1. The van der Waals surface area contributed by atoms with Crippen LogP contribution in [0.3, 0.4) is 0 Å². The van der Waals surface area contributed by atoms with Gasteiger partial charge in [0.2, 0.25) is 0 Å². The minimum atomic E-state index is -1.14. The maximum Gasteiger partial charge on any atom is 0.342 e. The van der Waals surface area contributed by atoms with Crippen molar-refractivity contribution in [2.45, 2.75) is 39.2 Å². The smallest absolute Gasteiger partial charge is 0.342 e. The number of aliphatic hydroxyl groups excluding tert-OH is 1. The number of ether oxygens (including phenoxy) is 2. The van der Waals surface area contributed by atoms with Gasteiger partial charge in [-0.1, -0.05) is 25.4 Å². The standard InChI is InChI=1S/C27H27ClF2N2O5/c1-14(2)37-26(35)17-12-32(25(34)15-5-6-19(29)20(30)9-15)13-27(3,4)23-16-10-18(28)22(36-8-7-33)11-21(16)31-24(17)23/h5-6,9-12,14,31,33H,7-8,13H2,1-4H3. The number of fused-ring (bicyclic) bond motifs is 3. The van der Waals surface area contributed by atoms with Crippen molar-refractivity contribution in [3.63, 3.8) is 0 Å². The number of hydrogen-bond donors (Lipinski definition) is 2. The number of nitrogens with zero attached hydrogens (tertiary/aromatic N) is 1. The SMILES string of the molecule is CC(C)OC(=O)C1=CN(C(=O)c2ccc(F)c(F)c2)CC(C)(C)c2c1[nH]c1cc(OCCO)c(Cl)cc21. The number of halogens is 3. The topological polar surface area (TPSA) is 91.9 Å². The van der Waals surface area contributed by atoms with Gasteiger partial charge in [-0.05, 0) is 43.7 Å². The Hall–Kier alpha value is -3.43. The number of aliphatic hydroxyl groups is 1. The number of amides is 1. The zero-order valence-corrected chi connectivity index (χ0v) is 21.6. The Kier molecular flexibility index (Phi) is 7.30. The second kappa shape index (κ2) is 10.1.